The van der Waals surface area contributed by atoms with Crippen molar-refractivity contribution in [2.45, 2.75) is 21.9 Å². The Kier molecular flexibility index (Phi) is 6.57. The number of methoxy groups -OCH3 is 2. The number of sulfonamides is 1. The molecule has 4 aromatic rings. The highest BCUT2D eigenvalue weighted by molar-refractivity contribution is 8.20. The zero-order valence-electron chi connectivity index (χ0n) is 20.4. The van der Waals surface area contributed by atoms with E-state index in [9.17, 15) is 8.42 Å². The van der Waals surface area contributed by atoms with E-state index < -0.39 is 10.0 Å². The lowest BCUT2D eigenvalue weighted by Gasteiger charge is -2.35. The van der Waals surface area contributed by atoms with E-state index >= 15 is 0 Å². The Labute approximate surface area is 232 Å². The van der Waals surface area contributed by atoms with Crippen LogP contribution in [0, 0.1) is 0 Å². The van der Waals surface area contributed by atoms with Crippen LogP contribution in [0.5, 0.6) is 17.2 Å². The van der Waals surface area contributed by atoms with Crippen molar-refractivity contribution in [1.29, 1.82) is 0 Å². The van der Waals surface area contributed by atoms with Crippen molar-refractivity contribution in [2.24, 2.45) is 0 Å². The molecule has 1 spiro atoms. The molecule has 0 radical (unpaired) electrons. The number of anilines is 1. The molecule has 0 amide bonds. The van der Waals surface area contributed by atoms with E-state index in [4.69, 9.17) is 30.3 Å². The largest absolute Gasteiger partial charge is 0.495 e. The Morgan fingerprint density at radius 2 is 2.05 bits per heavy atom. The molecule has 0 atom stereocenters. The molecular formula is C24H23ClN4O6S3. The van der Waals surface area contributed by atoms with Gasteiger partial charge in [-0.15, -0.1) is 23.5 Å². The molecular weight excluding hydrogens is 572 g/mol. The number of aromatic nitrogens is 3. The summed E-state index contributed by atoms with van der Waals surface area (Å²) in [6.45, 7) is 0.764. The summed E-state index contributed by atoms with van der Waals surface area (Å²) in [6.07, 6.45) is 4.26. The van der Waals surface area contributed by atoms with Crippen LogP contribution in [0.4, 0.5) is 5.82 Å². The van der Waals surface area contributed by atoms with Crippen LogP contribution in [-0.4, -0.2) is 55.7 Å². The normalized spacial score (nSPS) is 16.4. The molecule has 2 aromatic heterocycles. The van der Waals surface area contributed by atoms with Crippen molar-refractivity contribution in [3.05, 3.63) is 52.8 Å². The fourth-order valence-electron chi connectivity index (χ4n) is 4.80. The molecule has 38 heavy (non-hydrogen) atoms. The summed E-state index contributed by atoms with van der Waals surface area (Å²) in [5.74, 6) is 2.62. The molecule has 4 heterocycles. The third-order valence-corrected chi connectivity index (χ3v) is 11.8. The van der Waals surface area contributed by atoms with Crippen LogP contribution in [0.3, 0.4) is 0 Å². The van der Waals surface area contributed by atoms with Gasteiger partial charge >= 0.3 is 0 Å². The van der Waals surface area contributed by atoms with Crippen LogP contribution in [0.15, 0.2) is 46.1 Å². The maximum Gasteiger partial charge on any atom is 0.270 e. The third-order valence-electron chi connectivity index (χ3n) is 6.47. The molecule has 0 bridgehead atoms. The Morgan fingerprint density at radius 1 is 1.24 bits per heavy atom. The number of benzene rings is 2. The second kappa shape index (κ2) is 9.78. The van der Waals surface area contributed by atoms with Crippen LogP contribution in [-0.2, 0) is 20.6 Å². The minimum atomic E-state index is -4.25. The molecule has 1 fully saturated rings. The highest BCUT2D eigenvalue weighted by Crippen LogP contribution is 2.60. The van der Waals surface area contributed by atoms with Gasteiger partial charge in [0.15, 0.2) is 22.0 Å². The smallest absolute Gasteiger partial charge is 0.270 e. The van der Waals surface area contributed by atoms with Crippen LogP contribution in [0.25, 0.3) is 11.0 Å². The minimum absolute atomic E-state index is 0.0563. The van der Waals surface area contributed by atoms with Gasteiger partial charge in [-0.3, -0.25) is 9.40 Å². The molecule has 2 aromatic carbocycles. The van der Waals surface area contributed by atoms with E-state index in [-0.39, 0.29) is 26.3 Å². The first-order chi connectivity index (χ1) is 18.4. The number of hydrogen-bond donors (Lipinski definition) is 1. The fourth-order valence-corrected chi connectivity index (χ4v) is 9.66. The lowest BCUT2D eigenvalue weighted by atomic mass is 10.0. The van der Waals surface area contributed by atoms with Gasteiger partial charge in [0.05, 0.1) is 36.5 Å². The number of halogens is 1. The summed E-state index contributed by atoms with van der Waals surface area (Å²) in [7, 11) is -1.37. The van der Waals surface area contributed by atoms with Gasteiger partial charge in [-0.25, -0.2) is 8.42 Å². The van der Waals surface area contributed by atoms with Crippen molar-refractivity contribution in [2.75, 3.05) is 37.1 Å². The number of nitrogens with one attached hydrogen (secondary N) is 1. The topological polar surface area (TPSA) is 118 Å². The Morgan fingerprint density at radius 3 is 2.76 bits per heavy atom. The molecule has 1 saturated heterocycles. The van der Waals surface area contributed by atoms with Gasteiger partial charge in [-0.05, 0) is 29.8 Å². The average molecular weight is 595 g/mol. The van der Waals surface area contributed by atoms with Gasteiger partial charge < -0.3 is 18.7 Å². The average Bonchev–Trinajstić information content (AvgIpc) is 3.67. The molecule has 200 valence electrons. The van der Waals surface area contributed by atoms with E-state index in [0.29, 0.717) is 40.5 Å². The summed E-state index contributed by atoms with van der Waals surface area (Å²) < 4.78 is 54.4. The van der Waals surface area contributed by atoms with E-state index in [1.54, 1.807) is 35.3 Å². The zero-order chi connectivity index (χ0) is 26.5. The Balaban J connectivity index is 1.44. The van der Waals surface area contributed by atoms with E-state index in [2.05, 4.69) is 15.0 Å². The molecule has 1 N–H and O–H groups in total. The van der Waals surface area contributed by atoms with Gasteiger partial charge in [0, 0.05) is 35.9 Å². The molecule has 0 saturated carbocycles. The molecule has 14 heteroatoms. The number of fused-ring (bicyclic) bond motifs is 3. The van der Waals surface area contributed by atoms with Crippen LogP contribution in [0.1, 0.15) is 17.5 Å². The molecule has 2 aliphatic heterocycles. The number of rotatable bonds is 7. The van der Waals surface area contributed by atoms with Crippen LogP contribution in [0.2, 0.25) is 5.02 Å². The van der Waals surface area contributed by atoms with Gasteiger partial charge in [-0.1, -0.05) is 16.8 Å². The summed E-state index contributed by atoms with van der Waals surface area (Å²) in [4.78, 5) is -0.0822. The number of thioether (sulfide) groups is 2. The van der Waals surface area contributed by atoms with Crippen LogP contribution < -0.4 is 18.9 Å². The van der Waals surface area contributed by atoms with Crippen molar-refractivity contribution in [3.8, 4) is 17.2 Å². The van der Waals surface area contributed by atoms with E-state index in [1.165, 1.54) is 14.2 Å². The quantitative estimate of drug-likeness (QED) is 0.314. The molecule has 6 rings (SSSR count). The van der Waals surface area contributed by atoms with Crippen molar-refractivity contribution >= 4 is 61.9 Å². The SMILES string of the molecule is COc1ccc2c(c1S(=O)(=O)Nc1noc3cc(Cn4cccn4)c(Cl)c(OC)c13)OCCC21SCCS1. The first-order valence-electron chi connectivity index (χ1n) is 11.6. The maximum atomic E-state index is 13.9. The summed E-state index contributed by atoms with van der Waals surface area (Å²) in [5, 5.41) is 8.82. The molecule has 0 aliphatic carbocycles. The third kappa shape index (κ3) is 4.16. The monoisotopic (exact) mass is 594 g/mol. The Hall–Kier alpha value is -2.74. The first kappa shape index (κ1) is 25.5. The first-order valence-corrected chi connectivity index (χ1v) is 15.5. The Bertz CT molecular complexity index is 1620. The highest BCUT2D eigenvalue weighted by atomic mass is 35.5. The van der Waals surface area contributed by atoms with Crippen molar-refractivity contribution in [1.82, 2.24) is 14.9 Å². The highest BCUT2D eigenvalue weighted by Gasteiger charge is 2.45. The summed E-state index contributed by atoms with van der Waals surface area (Å²) in [6, 6.07) is 7.06. The molecule has 0 unspecified atom stereocenters. The lowest BCUT2D eigenvalue weighted by molar-refractivity contribution is 0.268. The van der Waals surface area contributed by atoms with Crippen LogP contribution >= 0.6 is 35.1 Å². The predicted octanol–water partition coefficient (Wildman–Crippen LogP) is 4.96. The predicted molar refractivity (Wildman–Crippen MR) is 147 cm³/mol. The molecule has 10 nitrogen and oxygen atoms in total. The second-order valence-electron chi connectivity index (χ2n) is 8.62. The van der Waals surface area contributed by atoms with Gasteiger partial charge in [0.1, 0.15) is 16.9 Å². The number of nitrogens with zero attached hydrogens (tertiary/aromatic N) is 3. The molecule has 2 aliphatic rings. The minimum Gasteiger partial charge on any atom is -0.495 e. The van der Waals surface area contributed by atoms with Gasteiger partial charge in [0.2, 0.25) is 0 Å². The van der Waals surface area contributed by atoms with E-state index in [1.807, 2.05) is 29.6 Å². The number of ether oxygens (including phenoxy) is 3. The lowest BCUT2D eigenvalue weighted by Crippen LogP contribution is -2.27. The summed E-state index contributed by atoms with van der Waals surface area (Å²) in [5.41, 5.74) is 1.82. The number of hydrogen-bond acceptors (Lipinski definition) is 10. The van der Waals surface area contributed by atoms with Gasteiger partial charge in [0.25, 0.3) is 10.0 Å². The van der Waals surface area contributed by atoms with Crippen molar-refractivity contribution < 1.29 is 27.2 Å². The maximum absolute atomic E-state index is 13.9. The fraction of sp³-hybridized carbons (Fsp3) is 0.333. The summed E-state index contributed by atoms with van der Waals surface area (Å²) >= 11 is 10.3. The standard InChI is InChI=1S/C24H23ClN4O6S3/c1-32-16-5-4-15-20(34-9-6-24(15)36-10-11-37-24)22(16)38(30,31)28-23-18-17(35-27-23)12-14(19(25)21(18)33-2)13-29-8-3-7-26-29/h3-5,7-8,12H,6,9-11,13H2,1-2H3,(H,27,28). The van der Waals surface area contributed by atoms with E-state index in [0.717, 1.165) is 23.5 Å². The second-order valence-corrected chi connectivity index (χ2v) is 13.7. The van der Waals surface area contributed by atoms with Crippen molar-refractivity contribution in [3.63, 3.8) is 0 Å². The zero-order valence-corrected chi connectivity index (χ0v) is 23.6. The van der Waals surface area contributed by atoms with Gasteiger partial charge in [-0.2, -0.15) is 5.10 Å².